The molecule has 1 amide bonds. The van der Waals surface area contributed by atoms with Crippen LogP contribution in [0.3, 0.4) is 0 Å². The summed E-state index contributed by atoms with van der Waals surface area (Å²) in [4.78, 5) is 28.1. The molecule has 0 aromatic heterocycles. The van der Waals surface area contributed by atoms with Gasteiger partial charge in [0.1, 0.15) is 6.04 Å². The molecule has 5 unspecified atom stereocenters. The first-order chi connectivity index (χ1) is 13.9. The third-order valence-corrected chi connectivity index (χ3v) is 7.52. The van der Waals surface area contributed by atoms with Crippen molar-refractivity contribution in [3.63, 3.8) is 0 Å². The quantitative estimate of drug-likeness (QED) is 0.477. The average molecular weight is 419 g/mol. The molecule has 6 heteroatoms. The summed E-state index contributed by atoms with van der Waals surface area (Å²) < 4.78 is 7.20. The molecule has 3 rings (SSSR count). The normalized spacial score (nSPS) is 23.1. The molecule has 0 N–H and O–H groups in total. The van der Waals surface area contributed by atoms with Gasteiger partial charge in [-0.15, -0.1) is 0 Å². The number of amides is 1. The minimum absolute atomic E-state index is 0.139. The molecule has 1 saturated heterocycles. The highest BCUT2D eigenvalue weighted by Gasteiger charge is 2.42. The van der Waals surface area contributed by atoms with Gasteiger partial charge in [-0.1, -0.05) is 40.1 Å². The van der Waals surface area contributed by atoms with Crippen LogP contribution in [0.5, 0.6) is 0 Å². The Morgan fingerprint density at radius 1 is 1.28 bits per heavy atom. The topological polar surface area (TPSA) is 49.9 Å². The van der Waals surface area contributed by atoms with E-state index in [1.165, 1.54) is 24.0 Å². The molecule has 1 aromatic rings. The van der Waals surface area contributed by atoms with Gasteiger partial charge in [-0.25, -0.2) is 0 Å². The van der Waals surface area contributed by atoms with E-state index in [9.17, 15) is 9.59 Å². The van der Waals surface area contributed by atoms with Crippen LogP contribution in [0.1, 0.15) is 57.1 Å². The van der Waals surface area contributed by atoms with Gasteiger partial charge in [-0.3, -0.25) is 14.3 Å². The summed E-state index contributed by atoms with van der Waals surface area (Å²) in [6.45, 7) is 7.02. The number of carbonyl (C=O) groups excluding carboxylic acids is 2. The highest BCUT2D eigenvalue weighted by atomic mass is 31.0. The largest absolute Gasteiger partial charge is 0.465 e. The van der Waals surface area contributed by atoms with Crippen LogP contribution in [0, 0.1) is 12.8 Å². The first-order valence-corrected chi connectivity index (χ1v) is 11.5. The zero-order valence-electron chi connectivity index (χ0n) is 18.0. The molecule has 2 aliphatic rings. The van der Waals surface area contributed by atoms with Crippen molar-refractivity contribution in [3.05, 3.63) is 35.4 Å². The molecule has 1 saturated carbocycles. The van der Waals surface area contributed by atoms with E-state index >= 15 is 0 Å². The Balaban J connectivity index is 1.69. The zero-order valence-corrected chi connectivity index (χ0v) is 19.1. The van der Waals surface area contributed by atoms with Gasteiger partial charge >= 0.3 is 5.97 Å². The summed E-state index contributed by atoms with van der Waals surface area (Å²) in [5.74, 6) is 0.557. The monoisotopic (exact) mass is 418 g/mol. The van der Waals surface area contributed by atoms with Crippen LogP contribution in [0.2, 0.25) is 0 Å². The number of benzene rings is 1. The summed E-state index contributed by atoms with van der Waals surface area (Å²) in [6, 6.07) is 7.81. The fourth-order valence-corrected chi connectivity index (χ4v) is 5.35. The van der Waals surface area contributed by atoms with Gasteiger partial charge in [0.2, 0.25) is 5.91 Å². The van der Waals surface area contributed by atoms with Crippen LogP contribution < -0.4 is 0 Å². The third kappa shape index (κ3) is 5.00. The minimum atomic E-state index is -0.458. The number of esters is 1. The van der Waals surface area contributed by atoms with Crippen LogP contribution in [0.25, 0.3) is 0 Å². The summed E-state index contributed by atoms with van der Waals surface area (Å²) in [6.07, 6.45) is 6.10. The molecule has 0 spiro atoms. The van der Waals surface area contributed by atoms with Crippen LogP contribution >= 0.6 is 9.39 Å². The highest BCUT2D eigenvalue weighted by Crippen LogP contribution is 2.38. The van der Waals surface area contributed by atoms with E-state index < -0.39 is 6.04 Å². The van der Waals surface area contributed by atoms with Gasteiger partial charge < -0.3 is 9.64 Å². The molecular formula is C23H35N2O3P. The van der Waals surface area contributed by atoms with Crippen molar-refractivity contribution in [1.82, 2.24) is 9.57 Å². The number of hydrogen-bond donors (Lipinski definition) is 0. The number of ether oxygens (including phenoxy) is 1. The molecule has 160 valence electrons. The van der Waals surface area contributed by atoms with Crippen LogP contribution in [-0.4, -0.2) is 52.7 Å². The molecule has 1 aromatic carbocycles. The van der Waals surface area contributed by atoms with Gasteiger partial charge in [-0.05, 0) is 69.9 Å². The number of likely N-dealkylation sites (tertiary alicyclic amines) is 1. The number of carbonyl (C=O) groups is 2. The summed E-state index contributed by atoms with van der Waals surface area (Å²) >= 11 is 0. The Labute approximate surface area is 177 Å². The van der Waals surface area contributed by atoms with Crippen molar-refractivity contribution in [2.75, 3.05) is 13.2 Å². The SMILES string of the molecule is CCOC(=O)C(CCc1ccccc1C)N(P)C(C)C(=O)N1CCC2CCCC21. The van der Waals surface area contributed by atoms with Crippen molar-refractivity contribution >= 4 is 21.3 Å². The van der Waals surface area contributed by atoms with E-state index in [4.69, 9.17) is 4.74 Å². The smallest absolute Gasteiger partial charge is 0.323 e. The number of rotatable bonds is 8. The second-order valence-electron chi connectivity index (χ2n) is 8.43. The van der Waals surface area contributed by atoms with Crippen molar-refractivity contribution in [3.8, 4) is 0 Å². The van der Waals surface area contributed by atoms with Gasteiger partial charge in [0.15, 0.2) is 0 Å². The maximum atomic E-state index is 13.3. The highest BCUT2D eigenvalue weighted by molar-refractivity contribution is 7.13. The van der Waals surface area contributed by atoms with Gasteiger partial charge in [-0.2, -0.15) is 0 Å². The molecule has 2 fully saturated rings. The van der Waals surface area contributed by atoms with Crippen LogP contribution in [0.15, 0.2) is 24.3 Å². The first-order valence-electron chi connectivity index (χ1n) is 11.0. The fourth-order valence-electron chi connectivity index (χ4n) is 4.96. The Bertz CT molecular complexity index is 726. The van der Waals surface area contributed by atoms with Crippen molar-refractivity contribution < 1.29 is 14.3 Å². The maximum Gasteiger partial charge on any atom is 0.323 e. The molecule has 5 atom stereocenters. The standard InChI is InChI=1S/C23H35N2O3P/c1-4-28-23(27)21(13-12-18-9-6-5-8-16(18)2)25(29)17(3)22(26)24-15-14-19-10-7-11-20(19)24/h5-6,8-9,17,19-21H,4,7,10-15,29H2,1-3H3. The molecule has 1 aliphatic heterocycles. The lowest BCUT2D eigenvalue weighted by Crippen LogP contribution is -2.50. The number of aryl methyl sites for hydroxylation is 2. The van der Waals surface area contributed by atoms with E-state index in [2.05, 4.69) is 33.3 Å². The number of hydrogen-bond acceptors (Lipinski definition) is 4. The Morgan fingerprint density at radius 3 is 2.76 bits per heavy atom. The summed E-state index contributed by atoms with van der Waals surface area (Å²) in [5, 5.41) is 0. The maximum absolute atomic E-state index is 13.3. The predicted octanol–water partition coefficient (Wildman–Crippen LogP) is 3.74. The second-order valence-corrected chi connectivity index (χ2v) is 9.03. The average Bonchev–Trinajstić information content (AvgIpc) is 3.32. The first kappa shape index (κ1) is 22.2. The van der Waals surface area contributed by atoms with Crippen LogP contribution in [-0.2, 0) is 20.7 Å². The molecule has 0 radical (unpaired) electrons. The van der Waals surface area contributed by atoms with Crippen molar-refractivity contribution in [2.45, 2.75) is 77.4 Å². The molecule has 1 aliphatic carbocycles. The Kier molecular flexibility index (Phi) is 7.70. The molecule has 5 nitrogen and oxygen atoms in total. The van der Waals surface area contributed by atoms with E-state index in [1.807, 2.05) is 30.7 Å². The lowest BCUT2D eigenvalue weighted by Gasteiger charge is -2.34. The van der Waals surface area contributed by atoms with E-state index in [1.54, 1.807) is 0 Å². The van der Waals surface area contributed by atoms with Crippen molar-refractivity contribution in [2.24, 2.45) is 5.92 Å². The van der Waals surface area contributed by atoms with Gasteiger partial charge in [0.25, 0.3) is 0 Å². The van der Waals surface area contributed by atoms with E-state index in [0.29, 0.717) is 25.0 Å². The second kappa shape index (κ2) is 10.0. The fraction of sp³-hybridized carbons (Fsp3) is 0.652. The molecular weight excluding hydrogens is 383 g/mol. The van der Waals surface area contributed by atoms with Crippen molar-refractivity contribution in [1.29, 1.82) is 0 Å². The molecule has 1 heterocycles. The Hall–Kier alpha value is -1.45. The number of fused-ring (bicyclic) bond motifs is 1. The lowest BCUT2D eigenvalue weighted by atomic mass is 10.0. The zero-order chi connectivity index (χ0) is 21.0. The summed E-state index contributed by atoms with van der Waals surface area (Å²) in [5.41, 5.74) is 2.45. The van der Waals surface area contributed by atoms with Crippen LogP contribution in [0.4, 0.5) is 0 Å². The van der Waals surface area contributed by atoms with E-state index in [0.717, 1.165) is 25.8 Å². The third-order valence-electron chi connectivity index (χ3n) is 6.71. The lowest BCUT2D eigenvalue weighted by molar-refractivity contribution is -0.149. The van der Waals surface area contributed by atoms with Gasteiger partial charge in [0, 0.05) is 12.6 Å². The molecule has 0 bridgehead atoms. The molecule has 29 heavy (non-hydrogen) atoms. The van der Waals surface area contributed by atoms with Gasteiger partial charge in [0.05, 0.1) is 12.6 Å². The Morgan fingerprint density at radius 2 is 2.03 bits per heavy atom. The number of nitrogens with zero attached hydrogens (tertiary/aromatic N) is 2. The minimum Gasteiger partial charge on any atom is -0.465 e. The summed E-state index contributed by atoms with van der Waals surface area (Å²) in [7, 11) is 2.64. The predicted molar refractivity (Wildman–Crippen MR) is 118 cm³/mol. The van der Waals surface area contributed by atoms with E-state index in [-0.39, 0.29) is 17.9 Å².